The summed E-state index contributed by atoms with van der Waals surface area (Å²) in [7, 11) is 1.88. The molecule has 0 unspecified atom stereocenters. The standard InChI is InChI=1S/C20H18ClN3O2/c1-23-10-17(9-22-23)14-6-7-16-12-26-13-20(25)24(19(16)8-14)11-15-4-2-3-5-18(15)21/h2-10H,11-13H2,1H3. The van der Waals surface area contributed by atoms with Gasteiger partial charge in [0.2, 0.25) is 0 Å². The minimum absolute atomic E-state index is 0.0569. The Balaban J connectivity index is 1.77. The van der Waals surface area contributed by atoms with Crippen molar-refractivity contribution in [3.63, 3.8) is 0 Å². The Bertz CT molecular complexity index is 967. The molecule has 1 aromatic heterocycles. The first-order valence-corrected chi connectivity index (χ1v) is 8.73. The molecule has 0 saturated carbocycles. The number of aryl methyl sites for hydroxylation is 1. The Morgan fingerprint density at radius 3 is 2.77 bits per heavy atom. The molecule has 3 aromatic rings. The van der Waals surface area contributed by atoms with E-state index in [1.54, 1.807) is 9.58 Å². The number of rotatable bonds is 3. The van der Waals surface area contributed by atoms with E-state index in [1.807, 2.05) is 61.9 Å². The lowest BCUT2D eigenvalue weighted by Crippen LogP contribution is -2.32. The number of hydrogen-bond acceptors (Lipinski definition) is 3. The summed E-state index contributed by atoms with van der Waals surface area (Å²) in [5.41, 5.74) is 4.76. The second-order valence-corrected chi connectivity index (χ2v) is 6.72. The SMILES string of the molecule is Cn1cc(-c2ccc3c(c2)N(Cc2ccccc2Cl)C(=O)COC3)cn1. The lowest BCUT2D eigenvalue weighted by Gasteiger charge is -2.23. The van der Waals surface area contributed by atoms with E-state index in [2.05, 4.69) is 5.10 Å². The van der Waals surface area contributed by atoms with Gasteiger partial charge in [-0.15, -0.1) is 0 Å². The van der Waals surface area contributed by atoms with Crippen LogP contribution >= 0.6 is 11.6 Å². The Morgan fingerprint density at radius 2 is 2.00 bits per heavy atom. The van der Waals surface area contributed by atoms with E-state index in [9.17, 15) is 4.79 Å². The van der Waals surface area contributed by atoms with Gasteiger partial charge >= 0.3 is 0 Å². The molecule has 0 radical (unpaired) electrons. The molecule has 1 amide bonds. The molecular weight excluding hydrogens is 350 g/mol. The van der Waals surface area contributed by atoms with Crippen LogP contribution in [0.4, 0.5) is 5.69 Å². The number of fused-ring (bicyclic) bond motifs is 1. The van der Waals surface area contributed by atoms with E-state index in [1.165, 1.54) is 0 Å². The molecular formula is C20H18ClN3O2. The molecule has 2 aromatic carbocycles. The summed E-state index contributed by atoms with van der Waals surface area (Å²) in [5.74, 6) is -0.0768. The molecule has 0 saturated heterocycles. The van der Waals surface area contributed by atoms with Crippen molar-refractivity contribution >= 4 is 23.2 Å². The number of amides is 1. The summed E-state index contributed by atoms with van der Waals surface area (Å²) in [6.45, 7) is 0.875. The molecule has 0 aliphatic carbocycles. The maximum absolute atomic E-state index is 12.7. The lowest BCUT2D eigenvalue weighted by atomic mass is 10.0. The first-order chi connectivity index (χ1) is 12.6. The molecule has 26 heavy (non-hydrogen) atoms. The third-order valence-corrected chi connectivity index (χ3v) is 4.85. The number of carbonyl (C=O) groups excluding carboxylic acids is 1. The molecule has 0 fully saturated rings. The first kappa shape index (κ1) is 16.8. The Hall–Kier alpha value is -2.63. The number of hydrogen-bond donors (Lipinski definition) is 0. The van der Waals surface area contributed by atoms with Gasteiger partial charge in [0.15, 0.2) is 0 Å². The molecule has 0 bridgehead atoms. The Morgan fingerprint density at radius 1 is 1.15 bits per heavy atom. The average Bonchev–Trinajstić information content (AvgIpc) is 3.01. The maximum atomic E-state index is 12.7. The number of carbonyl (C=O) groups is 1. The van der Waals surface area contributed by atoms with Gasteiger partial charge in [-0.3, -0.25) is 9.48 Å². The van der Waals surface area contributed by atoms with Crippen molar-refractivity contribution in [2.45, 2.75) is 13.2 Å². The predicted molar refractivity (Wildman–Crippen MR) is 101 cm³/mol. The van der Waals surface area contributed by atoms with E-state index in [0.29, 0.717) is 18.2 Å². The largest absolute Gasteiger partial charge is 0.367 e. The van der Waals surface area contributed by atoms with Crippen LogP contribution in [0.15, 0.2) is 54.9 Å². The van der Waals surface area contributed by atoms with Crippen LogP contribution in [0.5, 0.6) is 0 Å². The van der Waals surface area contributed by atoms with Crippen LogP contribution < -0.4 is 4.90 Å². The highest BCUT2D eigenvalue weighted by Crippen LogP contribution is 2.32. The van der Waals surface area contributed by atoms with E-state index in [4.69, 9.17) is 16.3 Å². The van der Waals surface area contributed by atoms with Crippen LogP contribution in [0.2, 0.25) is 5.02 Å². The molecule has 4 rings (SSSR count). The smallest absolute Gasteiger partial charge is 0.253 e. The van der Waals surface area contributed by atoms with Crippen molar-refractivity contribution in [3.05, 3.63) is 71.0 Å². The van der Waals surface area contributed by atoms with Crippen LogP contribution in [-0.2, 0) is 29.7 Å². The van der Waals surface area contributed by atoms with Gasteiger partial charge < -0.3 is 9.64 Å². The molecule has 0 spiro atoms. The lowest BCUT2D eigenvalue weighted by molar-refractivity contribution is -0.123. The van der Waals surface area contributed by atoms with Crippen LogP contribution in [0.25, 0.3) is 11.1 Å². The molecule has 2 heterocycles. The van der Waals surface area contributed by atoms with Gasteiger partial charge in [-0.1, -0.05) is 41.9 Å². The van der Waals surface area contributed by atoms with Gasteiger partial charge in [0.05, 0.1) is 25.0 Å². The van der Waals surface area contributed by atoms with Gasteiger partial charge in [0.1, 0.15) is 6.61 Å². The fraction of sp³-hybridized carbons (Fsp3) is 0.200. The highest BCUT2D eigenvalue weighted by atomic mass is 35.5. The fourth-order valence-electron chi connectivity index (χ4n) is 3.12. The topological polar surface area (TPSA) is 47.4 Å². The van der Waals surface area contributed by atoms with Crippen LogP contribution in [0.1, 0.15) is 11.1 Å². The molecule has 6 heteroatoms. The van der Waals surface area contributed by atoms with E-state index in [-0.39, 0.29) is 12.5 Å². The third-order valence-electron chi connectivity index (χ3n) is 4.48. The van der Waals surface area contributed by atoms with Crippen LogP contribution in [-0.4, -0.2) is 22.3 Å². The molecule has 5 nitrogen and oxygen atoms in total. The van der Waals surface area contributed by atoms with E-state index >= 15 is 0 Å². The first-order valence-electron chi connectivity index (χ1n) is 8.35. The summed E-state index contributed by atoms with van der Waals surface area (Å²) >= 11 is 6.31. The summed E-state index contributed by atoms with van der Waals surface area (Å²) in [6.07, 6.45) is 3.77. The predicted octanol–water partition coefficient (Wildman–Crippen LogP) is 3.80. The number of ether oxygens (including phenoxy) is 1. The Kier molecular flexibility index (Phi) is 4.49. The van der Waals surface area contributed by atoms with Gasteiger partial charge in [0.25, 0.3) is 5.91 Å². The summed E-state index contributed by atoms with van der Waals surface area (Å²) < 4.78 is 7.30. The second kappa shape index (κ2) is 6.94. The van der Waals surface area contributed by atoms with Crippen molar-refractivity contribution in [1.29, 1.82) is 0 Å². The minimum Gasteiger partial charge on any atom is -0.367 e. The van der Waals surface area contributed by atoms with E-state index in [0.717, 1.165) is 27.9 Å². The van der Waals surface area contributed by atoms with Gasteiger partial charge in [-0.25, -0.2) is 0 Å². The van der Waals surface area contributed by atoms with Crippen molar-refractivity contribution in [3.8, 4) is 11.1 Å². The maximum Gasteiger partial charge on any atom is 0.253 e. The van der Waals surface area contributed by atoms with Crippen LogP contribution in [0, 0.1) is 0 Å². The molecule has 0 atom stereocenters. The molecule has 0 N–H and O–H groups in total. The van der Waals surface area contributed by atoms with Gasteiger partial charge in [-0.05, 0) is 23.3 Å². The van der Waals surface area contributed by atoms with E-state index < -0.39 is 0 Å². The monoisotopic (exact) mass is 367 g/mol. The van der Waals surface area contributed by atoms with Crippen molar-refractivity contribution in [2.75, 3.05) is 11.5 Å². The second-order valence-electron chi connectivity index (χ2n) is 6.31. The summed E-state index contributed by atoms with van der Waals surface area (Å²) in [4.78, 5) is 14.4. The van der Waals surface area contributed by atoms with Gasteiger partial charge in [0, 0.05) is 29.4 Å². The summed E-state index contributed by atoms with van der Waals surface area (Å²) in [5, 5.41) is 4.88. The number of aromatic nitrogens is 2. The number of nitrogens with zero attached hydrogens (tertiary/aromatic N) is 3. The highest BCUT2D eigenvalue weighted by molar-refractivity contribution is 6.31. The minimum atomic E-state index is -0.0768. The normalized spacial score (nSPS) is 14.2. The average molecular weight is 368 g/mol. The Labute approximate surface area is 156 Å². The number of benzene rings is 2. The van der Waals surface area contributed by atoms with Crippen LogP contribution in [0.3, 0.4) is 0 Å². The van der Waals surface area contributed by atoms with Crippen molar-refractivity contribution in [1.82, 2.24) is 9.78 Å². The number of anilines is 1. The molecule has 1 aliphatic rings. The summed E-state index contributed by atoms with van der Waals surface area (Å²) in [6, 6.07) is 13.6. The zero-order valence-electron chi connectivity index (χ0n) is 14.4. The fourth-order valence-corrected chi connectivity index (χ4v) is 3.31. The van der Waals surface area contributed by atoms with Crippen molar-refractivity contribution < 1.29 is 9.53 Å². The van der Waals surface area contributed by atoms with Crippen molar-refractivity contribution in [2.24, 2.45) is 7.05 Å². The quantitative estimate of drug-likeness (QED) is 0.707. The molecule has 1 aliphatic heterocycles. The highest BCUT2D eigenvalue weighted by Gasteiger charge is 2.24. The van der Waals surface area contributed by atoms with Gasteiger partial charge in [-0.2, -0.15) is 5.10 Å². The molecule has 132 valence electrons. The third kappa shape index (κ3) is 3.23. The number of halogens is 1. The zero-order valence-corrected chi connectivity index (χ0v) is 15.1. The zero-order chi connectivity index (χ0) is 18.1.